The van der Waals surface area contributed by atoms with Crippen LogP contribution in [0.3, 0.4) is 0 Å². The van der Waals surface area contributed by atoms with E-state index in [4.69, 9.17) is 9.84 Å². The number of carboxylic acids is 1. The van der Waals surface area contributed by atoms with Crippen molar-refractivity contribution in [2.75, 3.05) is 19.6 Å². The molecule has 0 aromatic carbocycles. The molecule has 0 bridgehead atoms. The zero-order valence-corrected chi connectivity index (χ0v) is 14.0. The van der Waals surface area contributed by atoms with Crippen LogP contribution in [-0.2, 0) is 14.3 Å². The van der Waals surface area contributed by atoms with Crippen molar-refractivity contribution < 1.29 is 24.2 Å². The Bertz CT molecular complexity index is 442. The standard InChI is InChI=1S/C15H26N2O5/c1-10(2)8-11-13(20)16(9-12(18)19)6-7-17(11)14(21)22-15(3,4)5/h10-11H,6-9H2,1-5H3,(H,18,19)/t11-/m0/s1. The van der Waals surface area contributed by atoms with E-state index in [1.807, 2.05) is 13.8 Å². The Morgan fingerprint density at radius 3 is 2.36 bits per heavy atom. The van der Waals surface area contributed by atoms with Gasteiger partial charge in [0, 0.05) is 13.1 Å². The third-order valence-corrected chi connectivity index (χ3v) is 3.23. The normalized spacial score (nSPS) is 19.5. The number of piperazine rings is 1. The first kappa shape index (κ1) is 18.3. The highest BCUT2D eigenvalue weighted by molar-refractivity contribution is 5.89. The number of carbonyl (C=O) groups excluding carboxylic acids is 2. The number of amides is 2. The lowest BCUT2D eigenvalue weighted by Gasteiger charge is -2.41. The molecule has 0 unspecified atom stereocenters. The molecule has 7 nitrogen and oxygen atoms in total. The lowest BCUT2D eigenvalue weighted by Crippen LogP contribution is -2.60. The third-order valence-electron chi connectivity index (χ3n) is 3.23. The maximum absolute atomic E-state index is 12.5. The van der Waals surface area contributed by atoms with E-state index in [1.165, 1.54) is 9.80 Å². The minimum atomic E-state index is -1.05. The molecule has 0 spiro atoms. The minimum absolute atomic E-state index is 0.198. The molecule has 0 saturated carbocycles. The molecule has 0 aliphatic carbocycles. The molecule has 22 heavy (non-hydrogen) atoms. The van der Waals surface area contributed by atoms with Gasteiger partial charge in [0.25, 0.3) is 0 Å². The Balaban J connectivity index is 2.90. The van der Waals surface area contributed by atoms with Crippen LogP contribution in [0.5, 0.6) is 0 Å². The van der Waals surface area contributed by atoms with Crippen LogP contribution in [0.15, 0.2) is 0 Å². The van der Waals surface area contributed by atoms with Gasteiger partial charge < -0.3 is 14.7 Å². The van der Waals surface area contributed by atoms with E-state index >= 15 is 0 Å². The summed E-state index contributed by atoms with van der Waals surface area (Å²) in [5.74, 6) is -1.18. The van der Waals surface area contributed by atoms with E-state index in [9.17, 15) is 14.4 Å². The second-order valence-electron chi connectivity index (χ2n) is 6.97. The average molecular weight is 314 g/mol. The smallest absolute Gasteiger partial charge is 0.411 e. The van der Waals surface area contributed by atoms with Crippen molar-refractivity contribution in [1.29, 1.82) is 0 Å². The number of aliphatic carboxylic acids is 1. The Kier molecular flexibility index (Phi) is 5.79. The monoisotopic (exact) mass is 314 g/mol. The number of carboxylic acid groups (broad SMARTS) is 1. The molecular weight excluding hydrogens is 288 g/mol. The molecule has 0 aromatic rings. The van der Waals surface area contributed by atoms with Gasteiger partial charge >= 0.3 is 12.1 Å². The van der Waals surface area contributed by atoms with E-state index < -0.39 is 23.7 Å². The summed E-state index contributed by atoms with van der Waals surface area (Å²) in [4.78, 5) is 38.3. The van der Waals surface area contributed by atoms with Gasteiger partial charge in [-0.2, -0.15) is 0 Å². The average Bonchev–Trinajstić information content (AvgIpc) is 2.30. The van der Waals surface area contributed by atoms with Crippen LogP contribution < -0.4 is 0 Å². The second kappa shape index (κ2) is 6.98. The molecule has 1 fully saturated rings. The fraction of sp³-hybridized carbons (Fsp3) is 0.800. The Morgan fingerprint density at radius 2 is 1.91 bits per heavy atom. The molecule has 1 atom stereocenters. The van der Waals surface area contributed by atoms with Gasteiger partial charge in [-0.1, -0.05) is 13.8 Å². The molecule has 1 aliphatic rings. The van der Waals surface area contributed by atoms with E-state index in [0.717, 1.165) is 0 Å². The maximum atomic E-state index is 12.5. The molecule has 2 amide bonds. The van der Waals surface area contributed by atoms with Crippen LogP contribution in [0.2, 0.25) is 0 Å². The highest BCUT2D eigenvalue weighted by Gasteiger charge is 2.39. The van der Waals surface area contributed by atoms with Crippen molar-refractivity contribution >= 4 is 18.0 Å². The van der Waals surface area contributed by atoms with Crippen molar-refractivity contribution in [3.05, 3.63) is 0 Å². The van der Waals surface area contributed by atoms with Crippen molar-refractivity contribution in [1.82, 2.24) is 9.80 Å². The van der Waals surface area contributed by atoms with E-state index in [2.05, 4.69) is 0 Å². The predicted molar refractivity (Wildman–Crippen MR) is 80.4 cm³/mol. The fourth-order valence-electron chi connectivity index (χ4n) is 2.37. The zero-order chi connectivity index (χ0) is 17.1. The molecule has 1 saturated heterocycles. The quantitative estimate of drug-likeness (QED) is 0.851. The maximum Gasteiger partial charge on any atom is 0.411 e. The minimum Gasteiger partial charge on any atom is -0.480 e. The van der Waals surface area contributed by atoms with Gasteiger partial charge in [0.1, 0.15) is 18.2 Å². The second-order valence-corrected chi connectivity index (χ2v) is 6.97. The van der Waals surface area contributed by atoms with Gasteiger partial charge in [0.2, 0.25) is 5.91 Å². The van der Waals surface area contributed by atoms with Gasteiger partial charge in [-0.15, -0.1) is 0 Å². The van der Waals surface area contributed by atoms with Crippen LogP contribution >= 0.6 is 0 Å². The predicted octanol–water partition coefficient (Wildman–Crippen LogP) is 1.57. The summed E-state index contributed by atoms with van der Waals surface area (Å²) in [6.45, 7) is 9.37. The molecule has 1 rings (SSSR count). The van der Waals surface area contributed by atoms with Crippen molar-refractivity contribution in [2.24, 2.45) is 5.92 Å². The summed E-state index contributed by atoms with van der Waals surface area (Å²) in [5.41, 5.74) is -0.638. The highest BCUT2D eigenvalue weighted by Crippen LogP contribution is 2.21. The fourth-order valence-corrected chi connectivity index (χ4v) is 2.37. The number of nitrogens with zero attached hydrogens (tertiary/aromatic N) is 2. The SMILES string of the molecule is CC(C)C[C@H]1C(=O)N(CC(=O)O)CCN1C(=O)OC(C)(C)C. The summed E-state index contributed by atoms with van der Waals surface area (Å²) in [6.07, 6.45) is -0.0461. The van der Waals surface area contributed by atoms with Gasteiger partial charge in [-0.3, -0.25) is 14.5 Å². The summed E-state index contributed by atoms with van der Waals surface area (Å²) in [5, 5.41) is 8.88. The lowest BCUT2D eigenvalue weighted by atomic mass is 9.99. The van der Waals surface area contributed by atoms with Crippen LogP contribution in [0, 0.1) is 5.92 Å². The lowest BCUT2D eigenvalue weighted by molar-refractivity contribution is -0.150. The number of rotatable bonds is 4. The van der Waals surface area contributed by atoms with E-state index in [-0.39, 0.29) is 31.5 Å². The highest BCUT2D eigenvalue weighted by atomic mass is 16.6. The summed E-state index contributed by atoms with van der Waals surface area (Å²) >= 11 is 0. The van der Waals surface area contributed by atoms with Gasteiger partial charge in [-0.25, -0.2) is 4.79 Å². The van der Waals surface area contributed by atoms with Crippen LogP contribution in [0.25, 0.3) is 0 Å². The van der Waals surface area contributed by atoms with Gasteiger partial charge in [0.15, 0.2) is 0 Å². The van der Waals surface area contributed by atoms with Crippen LogP contribution in [-0.4, -0.2) is 64.2 Å². The first-order chi connectivity index (χ1) is 10.0. The third kappa shape index (κ3) is 5.20. The summed E-state index contributed by atoms with van der Waals surface area (Å²) < 4.78 is 5.35. The molecule has 0 aromatic heterocycles. The molecular formula is C15H26N2O5. The van der Waals surface area contributed by atoms with E-state index in [0.29, 0.717) is 6.42 Å². The molecule has 126 valence electrons. The Morgan fingerprint density at radius 1 is 1.32 bits per heavy atom. The molecule has 1 aliphatic heterocycles. The first-order valence-electron chi connectivity index (χ1n) is 7.51. The first-order valence-corrected chi connectivity index (χ1v) is 7.51. The Hall–Kier alpha value is -1.79. The number of hydrogen-bond acceptors (Lipinski definition) is 4. The van der Waals surface area contributed by atoms with Crippen molar-refractivity contribution in [2.45, 2.75) is 52.7 Å². The van der Waals surface area contributed by atoms with Crippen LogP contribution in [0.4, 0.5) is 4.79 Å². The summed E-state index contributed by atoms with van der Waals surface area (Å²) in [6, 6.07) is -0.664. The number of hydrogen-bond donors (Lipinski definition) is 1. The number of ether oxygens (including phenoxy) is 1. The van der Waals surface area contributed by atoms with Crippen LogP contribution in [0.1, 0.15) is 41.0 Å². The molecule has 0 radical (unpaired) electrons. The Labute approximate surface area is 131 Å². The zero-order valence-electron chi connectivity index (χ0n) is 14.0. The molecule has 1 heterocycles. The molecule has 1 N–H and O–H groups in total. The molecule has 7 heteroatoms. The van der Waals surface area contributed by atoms with Gasteiger partial charge in [-0.05, 0) is 33.1 Å². The topological polar surface area (TPSA) is 87.2 Å². The van der Waals surface area contributed by atoms with Crippen molar-refractivity contribution in [3.63, 3.8) is 0 Å². The van der Waals surface area contributed by atoms with Crippen molar-refractivity contribution in [3.8, 4) is 0 Å². The van der Waals surface area contributed by atoms with Gasteiger partial charge in [0.05, 0.1) is 0 Å². The van der Waals surface area contributed by atoms with E-state index in [1.54, 1.807) is 20.8 Å². The number of carbonyl (C=O) groups is 3. The largest absolute Gasteiger partial charge is 0.480 e. The summed E-state index contributed by atoms with van der Waals surface area (Å²) in [7, 11) is 0.